The number of nitrogens with one attached hydrogen (secondary N) is 2. The van der Waals surface area contributed by atoms with E-state index >= 15 is 0 Å². The minimum atomic E-state index is -0.501. The zero-order chi connectivity index (χ0) is 19.1. The van der Waals surface area contributed by atoms with Crippen LogP contribution in [-0.2, 0) is 9.59 Å². The summed E-state index contributed by atoms with van der Waals surface area (Å²) in [6.45, 7) is 4.19. The molecule has 1 aliphatic rings. The van der Waals surface area contributed by atoms with Crippen LogP contribution in [0.15, 0.2) is 54.6 Å². The van der Waals surface area contributed by atoms with Gasteiger partial charge in [0.05, 0.1) is 0 Å². The van der Waals surface area contributed by atoms with E-state index in [1.807, 2.05) is 66.4 Å². The molecule has 0 spiro atoms. The predicted molar refractivity (Wildman–Crippen MR) is 107 cm³/mol. The van der Waals surface area contributed by atoms with E-state index in [2.05, 4.69) is 10.6 Å². The van der Waals surface area contributed by atoms with E-state index in [1.54, 1.807) is 0 Å². The molecule has 2 N–H and O–H groups in total. The summed E-state index contributed by atoms with van der Waals surface area (Å²) in [5.41, 5.74) is 2.79. The highest BCUT2D eigenvalue weighted by Crippen LogP contribution is 2.17. The van der Waals surface area contributed by atoms with Crippen molar-refractivity contribution in [3.05, 3.63) is 65.7 Å². The maximum absolute atomic E-state index is 12.9. The fourth-order valence-corrected chi connectivity index (χ4v) is 3.31. The molecule has 27 heavy (non-hydrogen) atoms. The van der Waals surface area contributed by atoms with Gasteiger partial charge in [0.1, 0.15) is 6.04 Å². The molecule has 0 aromatic heterocycles. The number of anilines is 1. The van der Waals surface area contributed by atoms with Crippen LogP contribution in [0.25, 0.3) is 0 Å². The van der Waals surface area contributed by atoms with Gasteiger partial charge in [-0.2, -0.15) is 0 Å². The Bertz CT molecular complexity index is 753. The number of hydrogen-bond acceptors (Lipinski definition) is 3. The second-order valence-electron chi connectivity index (χ2n) is 6.99. The van der Waals surface area contributed by atoms with Crippen LogP contribution < -0.4 is 10.6 Å². The second-order valence-corrected chi connectivity index (χ2v) is 6.99. The first-order chi connectivity index (χ1) is 13.1. The largest absolute Gasteiger partial charge is 0.343 e. The van der Waals surface area contributed by atoms with Crippen LogP contribution in [0.3, 0.4) is 0 Å². The topological polar surface area (TPSA) is 61.4 Å². The Labute approximate surface area is 160 Å². The van der Waals surface area contributed by atoms with E-state index in [0.717, 1.165) is 42.7 Å². The molecule has 5 heteroatoms. The van der Waals surface area contributed by atoms with Crippen molar-refractivity contribution >= 4 is 17.5 Å². The van der Waals surface area contributed by atoms with Gasteiger partial charge in [-0.1, -0.05) is 48.0 Å². The predicted octanol–water partition coefficient (Wildman–Crippen LogP) is 3.28. The number of benzene rings is 2. The first-order valence-electron chi connectivity index (χ1n) is 9.57. The number of carbonyl (C=O) groups excluding carboxylic acids is 2. The minimum Gasteiger partial charge on any atom is -0.343 e. The van der Waals surface area contributed by atoms with Crippen molar-refractivity contribution in [3.63, 3.8) is 0 Å². The molecule has 142 valence electrons. The SMILES string of the molecule is Cc1ccc(NC(=O)C(NCCC(=O)N2CCCC2)c2ccccc2)cc1. The summed E-state index contributed by atoms with van der Waals surface area (Å²) in [5.74, 6) is 0.0319. The van der Waals surface area contributed by atoms with Gasteiger partial charge in [-0.3, -0.25) is 9.59 Å². The highest BCUT2D eigenvalue weighted by molar-refractivity contribution is 5.95. The van der Waals surface area contributed by atoms with Crippen molar-refractivity contribution in [1.82, 2.24) is 10.2 Å². The van der Waals surface area contributed by atoms with Gasteiger partial charge in [-0.15, -0.1) is 0 Å². The molecule has 2 aromatic rings. The fourth-order valence-electron chi connectivity index (χ4n) is 3.31. The molecule has 1 fully saturated rings. The molecule has 1 aliphatic heterocycles. The third-order valence-corrected chi connectivity index (χ3v) is 4.86. The first-order valence-corrected chi connectivity index (χ1v) is 9.57. The summed E-state index contributed by atoms with van der Waals surface area (Å²) < 4.78 is 0. The summed E-state index contributed by atoms with van der Waals surface area (Å²) in [6.07, 6.45) is 2.58. The van der Waals surface area contributed by atoms with Crippen molar-refractivity contribution in [2.75, 3.05) is 25.0 Å². The van der Waals surface area contributed by atoms with E-state index in [0.29, 0.717) is 13.0 Å². The molecule has 1 heterocycles. The molecule has 1 saturated heterocycles. The van der Waals surface area contributed by atoms with E-state index in [9.17, 15) is 9.59 Å². The van der Waals surface area contributed by atoms with Crippen molar-refractivity contribution in [2.45, 2.75) is 32.2 Å². The van der Waals surface area contributed by atoms with Gasteiger partial charge in [0.15, 0.2) is 0 Å². The Balaban J connectivity index is 1.62. The zero-order valence-electron chi connectivity index (χ0n) is 15.8. The minimum absolute atomic E-state index is 0.126. The molecule has 2 aromatic carbocycles. The van der Waals surface area contributed by atoms with Crippen LogP contribution >= 0.6 is 0 Å². The van der Waals surface area contributed by atoms with Crippen LogP contribution in [0, 0.1) is 6.92 Å². The Hall–Kier alpha value is -2.66. The number of nitrogens with zero attached hydrogens (tertiary/aromatic N) is 1. The quantitative estimate of drug-likeness (QED) is 0.792. The smallest absolute Gasteiger partial charge is 0.246 e. The molecule has 0 aliphatic carbocycles. The van der Waals surface area contributed by atoms with Crippen LogP contribution in [0.2, 0.25) is 0 Å². The van der Waals surface area contributed by atoms with Crippen molar-refractivity contribution < 1.29 is 9.59 Å². The number of carbonyl (C=O) groups is 2. The third kappa shape index (κ3) is 5.41. The van der Waals surface area contributed by atoms with Gasteiger partial charge >= 0.3 is 0 Å². The highest BCUT2D eigenvalue weighted by atomic mass is 16.2. The highest BCUT2D eigenvalue weighted by Gasteiger charge is 2.22. The molecule has 0 bridgehead atoms. The van der Waals surface area contributed by atoms with Crippen LogP contribution in [0.1, 0.15) is 36.4 Å². The van der Waals surface area contributed by atoms with E-state index in [1.165, 1.54) is 0 Å². The maximum Gasteiger partial charge on any atom is 0.246 e. The van der Waals surface area contributed by atoms with Crippen molar-refractivity contribution in [2.24, 2.45) is 0 Å². The fraction of sp³-hybridized carbons (Fsp3) is 0.364. The third-order valence-electron chi connectivity index (χ3n) is 4.86. The summed E-state index contributed by atoms with van der Waals surface area (Å²) in [6, 6.07) is 16.8. The van der Waals surface area contributed by atoms with Crippen LogP contribution in [0.5, 0.6) is 0 Å². The lowest BCUT2D eigenvalue weighted by atomic mass is 10.1. The molecule has 2 amide bonds. The molecule has 1 unspecified atom stereocenters. The lowest BCUT2D eigenvalue weighted by Gasteiger charge is -2.20. The molecular formula is C22H27N3O2. The lowest BCUT2D eigenvalue weighted by Crippen LogP contribution is -2.36. The lowest BCUT2D eigenvalue weighted by molar-refractivity contribution is -0.130. The van der Waals surface area contributed by atoms with Crippen LogP contribution in [0.4, 0.5) is 5.69 Å². The molecule has 5 nitrogen and oxygen atoms in total. The number of hydrogen-bond donors (Lipinski definition) is 2. The second kappa shape index (κ2) is 9.33. The standard InChI is InChI=1S/C22H27N3O2/c1-17-9-11-19(12-10-17)24-22(27)21(18-7-3-2-4-8-18)23-14-13-20(26)25-15-5-6-16-25/h2-4,7-12,21,23H,5-6,13-16H2,1H3,(H,24,27). The van der Waals surface area contributed by atoms with Crippen molar-refractivity contribution in [1.29, 1.82) is 0 Å². The van der Waals surface area contributed by atoms with Crippen LogP contribution in [-0.4, -0.2) is 36.3 Å². The summed E-state index contributed by atoms with van der Waals surface area (Å²) in [4.78, 5) is 27.0. The van der Waals surface area contributed by atoms with Gasteiger partial charge < -0.3 is 15.5 Å². The number of aryl methyl sites for hydroxylation is 1. The Morgan fingerprint density at radius 3 is 2.33 bits per heavy atom. The average Bonchev–Trinajstić information content (AvgIpc) is 3.22. The number of rotatable bonds is 7. The Morgan fingerprint density at radius 2 is 1.67 bits per heavy atom. The molecule has 0 saturated carbocycles. The van der Waals surface area contributed by atoms with Gasteiger partial charge in [-0.05, 0) is 37.5 Å². The van der Waals surface area contributed by atoms with Crippen molar-refractivity contribution in [3.8, 4) is 0 Å². The number of amides is 2. The Kier molecular flexibility index (Phi) is 6.60. The molecule has 1 atom stereocenters. The monoisotopic (exact) mass is 365 g/mol. The van der Waals surface area contributed by atoms with Gasteiger partial charge in [-0.25, -0.2) is 0 Å². The van der Waals surface area contributed by atoms with E-state index in [-0.39, 0.29) is 11.8 Å². The summed E-state index contributed by atoms with van der Waals surface area (Å²) >= 11 is 0. The zero-order valence-corrected chi connectivity index (χ0v) is 15.8. The van der Waals surface area contributed by atoms with Gasteiger partial charge in [0.25, 0.3) is 0 Å². The average molecular weight is 365 g/mol. The Morgan fingerprint density at radius 1 is 1.00 bits per heavy atom. The van der Waals surface area contributed by atoms with Gasteiger partial charge in [0, 0.05) is 31.7 Å². The maximum atomic E-state index is 12.9. The van der Waals surface area contributed by atoms with E-state index < -0.39 is 6.04 Å². The van der Waals surface area contributed by atoms with Gasteiger partial charge in [0.2, 0.25) is 11.8 Å². The first kappa shape index (κ1) is 19.1. The summed E-state index contributed by atoms with van der Waals surface area (Å²) in [5, 5.41) is 6.23. The molecule has 3 rings (SSSR count). The number of likely N-dealkylation sites (tertiary alicyclic amines) is 1. The van der Waals surface area contributed by atoms with E-state index in [4.69, 9.17) is 0 Å². The normalized spacial score (nSPS) is 14.8. The molecule has 0 radical (unpaired) electrons. The summed E-state index contributed by atoms with van der Waals surface area (Å²) in [7, 11) is 0. The molecular weight excluding hydrogens is 338 g/mol.